The maximum Gasteiger partial charge on any atom is 0.244 e. The number of carbonyl (C=O) groups is 1. The van der Waals surface area contributed by atoms with Gasteiger partial charge in [0.2, 0.25) is 5.91 Å². The van der Waals surface area contributed by atoms with Gasteiger partial charge in [-0.3, -0.25) is 9.69 Å². The van der Waals surface area contributed by atoms with Crippen LogP contribution >= 0.6 is 0 Å². The third kappa shape index (κ3) is 4.47. The first-order valence-corrected chi connectivity index (χ1v) is 10.2. The zero-order valence-electron chi connectivity index (χ0n) is 17.3. The molecule has 3 aromatic rings. The molecule has 5 heteroatoms. The first kappa shape index (κ1) is 20.0. The molecule has 30 heavy (non-hydrogen) atoms. The minimum Gasteiger partial charge on any atom is -0.497 e. The molecular formula is C25H26N2O3. The van der Waals surface area contributed by atoms with E-state index in [1.54, 1.807) is 7.11 Å². The monoisotopic (exact) mass is 402 g/mol. The molecule has 0 spiro atoms. The van der Waals surface area contributed by atoms with Crippen molar-refractivity contribution >= 4 is 11.6 Å². The van der Waals surface area contributed by atoms with Crippen molar-refractivity contribution in [1.29, 1.82) is 0 Å². The number of hydrogen-bond donors (Lipinski definition) is 0. The van der Waals surface area contributed by atoms with Gasteiger partial charge >= 0.3 is 0 Å². The topological polar surface area (TPSA) is 42.0 Å². The molecule has 1 aliphatic heterocycles. The van der Waals surface area contributed by atoms with Crippen LogP contribution in [0.5, 0.6) is 17.2 Å². The van der Waals surface area contributed by atoms with Crippen LogP contribution in [0.2, 0.25) is 0 Å². The molecular weight excluding hydrogens is 376 g/mol. The Labute approximate surface area is 177 Å². The van der Waals surface area contributed by atoms with Crippen molar-refractivity contribution in [3.05, 3.63) is 84.4 Å². The molecule has 4 rings (SSSR count). The third-order valence-electron chi connectivity index (χ3n) is 5.43. The van der Waals surface area contributed by atoms with Gasteiger partial charge in [0.1, 0.15) is 17.2 Å². The summed E-state index contributed by atoms with van der Waals surface area (Å²) in [6.45, 7) is 4.17. The second kappa shape index (κ2) is 9.01. The van der Waals surface area contributed by atoms with Crippen molar-refractivity contribution in [2.45, 2.75) is 19.5 Å². The Morgan fingerprint density at radius 3 is 2.30 bits per heavy atom. The van der Waals surface area contributed by atoms with E-state index in [4.69, 9.17) is 9.47 Å². The van der Waals surface area contributed by atoms with Gasteiger partial charge in [0.25, 0.3) is 0 Å². The number of ether oxygens (including phenoxy) is 2. The molecule has 1 saturated heterocycles. The summed E-state index contributed by atoms with van der Waals surface area (Å²) >= 11 is 0. The molecule has 1 amide bonds. The minimum atomic E-state index is -0.190. The van der Waals surface area contributed by atoms with Crippen molar-refractivity contribution in [3.63, 3.8) is 0 Å². The standard InChI is InChI=1S/C25H26N2O3/c1-19-25(28)27(16-15-26(19)18-20-7-6-10-24(17-20)29-2)21-11-13-23(14-12-21)30-22-8-4-3-5-9-22/h3-14,17,19H,15-16,18H2,1-2H3. The highest BCUT2D eigenvalue weighted by Crippen LogP contribution is 2.27. The molecule has 3 aromatic carbocycles. The van der Waals surface area contributed by atoms with Crippen LogP contribution in [0.15, 0.2) is 78.9 Å². The van der Waals surface area contributed by atoms with E-state index in [9.17, 15) is 4.79 Å². The molecule has 1 fully saturated rings. The number of para-hydroxylation sites is 1. The SMILES string of the molecule is COc1cccc(CN2CCN(c3ccc(Oc4ccccc4)cc3)C(=O)C2C)c1. The summed E-state index contributed by atoms with van der Waals surface area (Å²) < 4.78 is 11.2. The van der Waals surface area contributed by atoms with E-state index in [0.717, 1.165) is 41.6 Å². The fraction of sp³-hybridized carbons (Fsp3) is 0.240. The average Bonchev–Trinajstić information content (AvgIpc) is 2.79. The van der Waals surface area contributed by atoms with Gasteiger partial charge in [0, 0.05) is 25.3 Å². The maximum absolute atomic E-state index is 13.1. The van der Waals surface area contributed by atoms with Crippen molar-refractivity contribution in [2.75, 3.05) is 25.1 Å². The van der Waals surface area contributed by atoms with Gasteiger partial charge in [-0.1, -0.05) is 30.3 Å². The van der Waals surface area contributed by atoms with E-state index in [0.29, 0.717) is 6.54 Å². The van der Waals surface area contributed by atoms with Crippen LogP contribution in [0.4, 0.5) is 5.69 Å². The minimum absolute atomic E-state index is 0.112. The van der Waals surface area contributed by atoms with Crippen LogP contribution in [0.25, 0.3) is 0 Å². The molecule has 1 atom stereocenters. The summed E-state index contributed by atoms with van der Waals surface area (Å²) in [4.78, 5) is 17.1. The quantitative estimate of drug-likeness (QED) is 0.598. The number of anilines is 1. The van der Waals surface area contributed by atoms with Crippen LogP contribution in [-0.4, -0.2) is 37.0 Å². The third-order valence-corrected chi connectivity index (χ3v) is 5.43. The first-order valence-electron chi connectivity index (χ1n) is 10.2. The second-order valence-electron chi connectivity index (χ2n) is 7.40. The second-order valence-corrected chi connectivity index (χ2v) is 7.40. The van der Waals surface area contributed by atoms with Crippen LogP contribution < -0.4 is 14.4 Å². The molecule has 0 radical (unpaired) electrons. The van der Waals surface area contributed by atoms with E-state index in [-0.39, 0.29) is 11.9 Å². The normalized spacial score (nSPS) is 17.1. The predicted octanol–water partition coefficient (Wildman–Crippen LogP) is 4.72. The molecule has 0 bridgehead atoms. The summed E-state index contributed by atoms with van der Waals surface area (Å²) in [5, 5.41) is 0. The van der Waals surface area contributed by atoms with Gasteiger partial charge in [-0.05, 0) is 61.0 Å². The summed E-state index contributed by atoms with van der Waals surface area (Å²) in [6, 6.07) is 25.2. The smallest absolute Gasteiger partial charge is 0.244 e. The van der Waals surface area contributed by atoms with Crippen LogP contribution in [0, 0.1) is 0 Å². The molecule has 0 N–H and O–H groups in total. The zero-order chi connectivity index (χ0) is 20.9. The Morgan fingerprint density at radius 1 is 0.867 bits per heavy atom. The predicted molar refractivity (Wildman–Crippen MR) is 118 cm³/mol. The molecule has 1 aliphatic rings. The molecule has 0 aromatic heterocycles. The zero-order valence-corrected chi connectivity index (χ0v) is 17.3. The molecule has 154 valence electrons. The molecule has 0 aliphatic carbocycles. The van der Waals surface area contributed by atoms with Gasteiger partial charge in [-0.2, -0.15) is 0 Å². The van der Waals surface area contributed by atoms with Crippen molar-refractivity contribution in [2.24, 2.45) is 0 Å². The van der Waals surface area contributed by atoms with Gasteiger partial charge < -0.3 is 14.4 Å². The van der Waals surface area contributed by atoms with Gasteiger partial charge in [0.15, 0.2) is 0 Å². The number of methoxy groups -OCH3 is 1. The summed E-state index contributed by atoms with van der Waals surface area (Å²) in [7, 11) is 1.67. The molecule has 5 nitrogen and oxygen atoms in total. The molecule has 1 heterocycles. The fourth-order valence-electron chi connectivity index (χ4n) is 3.71. The average molecular weight is 402 g/mol. The van der Waals surface area contributed by atoms with E-state index in [1.165, 1.54) is 0 Å². The van der Waals surface area contributed by atoms with Crippen LogP contribution in [-0.2, 0) is 11.3 Å². The number of amides is 1. The largest absolute Gasteiger partial charge is 0.497 e. The molecule has 0 saturated carbocycles. The van der Waals surface area contributed by atoms with E-state index in [1.807, 2.05) is 84.6 Å². The number of benzene rings is 3. The first-order chi connectivity index (χ1) is 14.6. The highest BCUT2D eigenvalue weighted by atomic mass is 16.5. The Bertz CT molecular complexity index is 989. The Balaban J connectivity index is 1.41. The van der Waals surface area contributed by atoms with Crippen LogP contribution in [0.3, 0.4) is 0 Å². The Hall–Kier alpha value is -3.31. The Morgan fingerprint density at radius 2 is 1.57 bits per heavy atom. The van der Waals surface area contributed by atoms with Crippen molar-refractivity contribution in [1.82, 2.24) is 4.90 Å². The summed E-state index contributed by atoms with van der Waals surface area (Å²) in [6.07, 6.45) is 0. The Kier molecular flexibility index (Phi) is 6.00. The van der Waals surface area contributed by atoms with E-state index in [2.05, 4.69) is 11.0 Å². The number of carbonyl (C=O) groups excluding carboxylic acids is 1. The van der Waals surface area contributed by atoms with Crippen molar-refractivity contribution < 1.29 is 14.3 Å². The van der Waals surface area contributed by atoms with Gasteiger partial charge in [0.05, 0.1) is 13.2 Å². The fourth-order valence-corrected chi connectivity index (χ4v) is 3.71. The lowest BCUT2D eigenvalue weighted by Gasteiger charge is -2.39. The van der Waals surface area contributed by atoms with Crippen LogP contribution in [0.1, 0.15) is 12.5 Å². The lowest BCUT2D eigenvalue weighted by atomic mass is 10.1. The lowest BCUT2D eigenvalue weighted by molar-refractivity contribution is -0.125. The summed E-state index contributed by atoms with van der Waals surface area (Å²) in [5.41, 5.74) is 2.04. The number of hydrogen-bond acceptors (Lipinski definition) is 4. The number of rotatable bonds is 6. The number of nitrogens with zero attached hydrogens (tertiary/aromatic N) is 2. The molecule has 1 unspecified atom stereocenters. The lowest BCUT2D eigenvalue weighted by Crippen LogP contribution is -2.55. The van der Waals surface area contributed by atoms with E-state index < -0.39 is 0 Å². The maximum atomic E-state index is 13.1. The number of piperazine rings is 1. The highest BCUT2D eigenvalue weighted by Gasteiger charge is 2.32. The van der Waals surface area contributed by atoms with Gasteiger partial charge in [-0.15, -0.1) is 0 Å². The summed E-state index contributed by atoms with van der Waals surface area (Å²) in [5.74, 6) is 2.49. The van der Waals surface area contributed by atoms with E-state index >= 15 is 0 Å². The van der Waals surface area contributed by atoms with Crippen molar-refractivity contribution in [3.8, 4) is 17.2 Å². The van der Waals surface area contributed by atoms with Gasteiger partial charge in [-0.25, -0.2) is 0 Å². The highest BCUT2D eigenvalue weighted by molar-refractivity contribution is 5.97.